The molecule has 7 rings (SSSR count). The molecule has 4 heteroatoms. The smallest absolute Gasteiger partial charge is 0.131 e. The number of nitrogen functional groups attached to an aromatic ring is 2. The number of anilines is 2. The minimum absolute atomic E-state index is 0.278. The van der Waals surface area contributed by atoms with Gasteiger partial charge in [-0.2, -0.15) is 0 Å². The van der Waals surface area contributed by atoms with E-state index in [9.17, 15) is 0 Å². The third-order valence-corrected chi connectivity index (χ3v) is 9.92. The lowest BCUT2D eigenvalue weighted by Crippen LogP contribution is -2.28. The molecule has 1 aliphatic carbocycles. The Morgan fingerprint density at radius 3 is 1.24 bits per heavy atom. The fourth-order valence-corrected chi connectivity index (χ4v) is 7.48. The molecule has 6 aromatic carbocycles. The number of benzene rings is 6. The fraction of sp³-hybridized carbons (Fsp3) is 0.200. The first-order valence-electron chi connectivity index (χ1n) is 17.1. The molecule has 0 aliphatic heterocycles. The minimum Gasteiger partial charge on any atom is -0.457 e. The Morgan fingerprint density at radius 2 is 0.857 bits per heavy atom. The van der Waals surface area contributed by atoms with Gasteiger partial charge in [-0.05, 0) is 130 Å². The van der Waals surface area contributed by atoms with Crippen LogP contribution in [0.2, 0.25) is 0 Å². The summed E-state index contributed by atoms with van der Waals surface area (Å²) in [6.45, 7) is 12.9. The SMILES string of the molecule is Cc1cc(C2(c3ccc(Oc4ccc(N)cc4C(C)C)c(C)c3)c3ccccc3-c3ccccc32)ccc1Oc1ccc(N)cc1C(C)C. The van der Waals surface area contributed by atoms with Crippen LogP contribution in [0.3, 0.4) is 0 Å². The molecule has 0 bridgehead atoms. The highest BCUT2D eigenvalue weighted by molar-refractivity contribution is 5.86. The van der Waals surface area contributed by atoms with Crippen molar-refractivity contribution in [3.05, 3.63) is 166 Å². The molecule has 0 amide bonds. The van der Waals surface area contributed by atoms with Gasteiger partial charge < -0.3 is 20.9 Å². The van der Waals surface area contributed by atoms with Crippen LogP contribution >= 0.6 is 0 Å². The number of hydrogen-bond acceptors (Lipinski definition) is 4. The van der Waals surface area contributed by atoms with Gasteiger partial charge in [0.2, 0.25) is 0 Å². The second-order valence-corrected chi connectivity index (χ2v) is 13.9. The van der Waals surface area contributed by atoms with Gasteiger partial charge in [-0.15, -0.1) is 0 Å². The molecule has 0 saturated carbocycles. The predicted octanol–water partition coefficient (Wildman–Crippen LogP) is 11.7. The van der Waals surface area contributed by atoms with Crippen molar-refractivity contribution in [1.82, 2.24) is 0 Å². The summed E-state index contributed by atoms with van der Waals surface area (Å²) >= 11 is 0. The normalized spacial score (nSPS) is 13.0. The number of rotatable bonds is 8. The first kappa shape index (κ1) is 32.1. The quantitative estimate of drug-likeness (QED) is 0.162. The van der Waals surface area contributed by atoms with Gasteiger partial charge >= 0.3 is 0 Å². The number of ether oxygens (including phenoxy) is 2. The van der Waals surface area contributed by atoms with Crippen LogP contribution in [-0.4, -0.2) is 0 Å². The topological polar surface area (TPSA) is 70.5 Å². The van der Waals surface area contributed by atoms with E-state index in [1.807, 2.05) is 36.4 Å². The number of hydrogen-bond donors (Lipinski definition) is 2. The van der Waals surface area contributed by atoms with Crippen LogP contribution in [0.25, 0.3) is 11.1 Å². The standard InChI is InChI=1S/C45H44N2O2/c1-27(2)37-25-33(46)17-21-43(37)48-41-19-15-31(23-29(41)5)45(39-13-9-7-11-35(39)36-12-8-10-14-40(36)45)32-16-20-42(30(6)24-32)49-44-22-18-34(47)26-38(44)28(3)4/h7-28H,46-47H2,1-6H3. The van der Waals surface area contributed by atoms with Crippen LogP contribution in [0.15, 0.2) is 121 Å². The zero-order valence-corrected chi connectivity index (χ0v) is 29.2. The maximum absolute atomic E-state index is 6.60. The first-order chi connectivity index (χ1) is 23.6. The number of nitrogens with two attached hydrogens (primary N) is 2. The van der Waals surface area contributed by atoms with Gasteiger partial charge in [0, 0.05) is 11.4 Å². The lowest BCUT2D eigenvalue weighted by molar-refractivity contribution is 0.469. The van der Waals surface area contributed by atoms with E-state index in [0.717, 1.165) is 56.6 Å². The fourth-order valence-electron chi connectivity index (χ4n) is 7.48. The average molecular weight is 645 g/mol. The van der Waals surface area contributed by atoms with Crippen LogP contribution in [0.5, 0.6) is 23.0 Å². The van der Waals surface area contributed by atoms with E-state index >= 15 is 0 Å². The number of aryl methyl sites for hydroxylation is 2. The molecule has 0 saturated heterocycles. The van der Waals surface area contributed by atoms with Crippen LogP contribution in [0.4, 0.5) is 11.4 Å². The van der Waals surface area contributed by atoms with Gasteiger partial charge in [0.15, 0.2) is 0 Å². The highest BCUT2D eigenvalue weighted by Crippen LogP contribution is 2.57. The summed E-state index contributed by atoms with van der Waals surface area (Å²) in [5, 5.41) is 0. The summed E-state index contributed by atoms with van der Waals surface area (Å²) in [5.74, 6) is 3.88. The molecule has 0 atom stereocenters. The molecule has 0 radical (unpaired) electrons. The Balaban J connectivity index is 1.38. The Morgan fingerprint density at radius 1 is 0.469 bits per heavy atom. The van der Waals surface area contributed by atoms with Crippen molar-refractivity contribution in [1.29, 1.82) is 0 Å². The summed E-state index contributed by atoms with van der Waals surface area (Å²) in [7, 11) is 0. The summed E-state index contributed by atoms with van der Waals surface area (Å²) in [4.78, 5) is 0. The average Bonchev–Trinajstić information content (AvgIpc) is 3.39. The van der Waals surface area contributed by atoms with E-state index in [4.69, 9.17) is 20.9 Å². The highest BCUT2D eigenvalue weighted by atomic mass is 16.5. The van der Waals surface area contributed by atoms with Gasteiger partial charge in [0.25, 0.3) is 0 Å². The summed E-state index contributed by atoms with van der Waals surface area (Å²) in [6.07, 6.45) is 0. The molecule has 49 heavy (non-hydrogen) atoms. The summed E-state index contributed by atoms with van der Waals surface area (Å²) in [5.41, 5.74) is 24.9. The third-order valence-electron chi connectivity index (χ3n) is 9.92. The van der Waals surface area contributed by atoms with Crippen LogP contribution in [-0.2, 0) is 5.41 Å². The monoisotopic (exact) mass is 644 g/mol. The lowest BCUT2D eigenvalue weighted by Gasteiger charge is -2.34. The molecular formula is C45H44N2O2. The van der Waals surface area contributed by atoms with Crippen LogP contribution in [0.1, 0.15) is 84.0 Å². The Hall–Kier alpha value is -5.48. The molecule has 1 aliphatic rings. The molecule has 0 spiro atoms. The maximum atomic E-state index is 6.60. The Labute approximate surface area is 290 Å². The lowest BCUT2D eigenvalue weighted by atomic mass is 9.67. The van der Waals surface area contributed by atoms with Gasteiger partial charge in [-0.1, -0.05) is 100 Å². The molecule has 0 unspecified atom stereocenters. The zero-order chi connectivity index (χ0) is 34.4. The van der Waals surface area contributed by atoms with E-state index in [1.165, 1.54) is 33.4 Å². The molecule has 0 fully saturated rings. The predicted molar refractivity (Wildman–Crippen MR) is 203 cm³/mol. The van der Waals surface area contributed by atoms with Crippen molar-refractivity contribution in [3.63, 3.8) is 0 Å². The van der Waals surface area contributed by atoms with E-state index in [2.05, 4.69) is 126 Å². The molecule has 0 heterocycles. The van der Waals surface area contributed by atoms with Crippen molar-refractivity contribution in [2.75, 3.05) is 11.5 Å². The van der Waals surface area contributed by atoms with E-state index in [-0.39, 0.29) is 11.8 Å². The van der Waals surface area contributed by atoms with Crippen molar-refractivity contribution >= 4 is 11.4 Å². The molecule has 6 aromatic rings. The van der Waals surface area contributed by atoms with Crippen LogP contribution < -0.4 is 20.9 Å². The summed E-state index contributed by atoms with van der Waals surface area (Å²) in [6, 6.07) is 42.7. The maximum Gasteiger partial charge on any atom is 0.131 e. The highest BCUT2D eigenvalue weighted by Gasteiger charge is 2.46. The second-order valence-electron chi connectivity index (χ2n) is 13.9. The first-order valence-corrected chi connectivity index (χ1v) is 17.1. The largest absolute Gasteiger partial charge is 0.457 e. The van der Waals surface area contributed by atoms with Crippen molar-refractivity contribution in [2.45, 2.75) is 58.8 Å². The Bertz CT molecular complexity index is 2040. The second kappa shape index (κ2) is 12.5. The minimum atomic E-state index is -0.547. The van der Waals surface area contributed by atoms with Crippen molar-refractivity contribution < 1.29 is 9.47 Å². The molecular weight excluding hydrogens is 601 g/mol. The van der Waals surface area contributed by atoms with Crippen molar-refractivity contribution in [2.24, 2.45) is 0 Å². The van der Waals surface area contributed by atoms with Gasteiger partial charge in [0.1, 0.15) is 23.0 Å². The number of fused-ring (bicyclic) bond motifs is 3. The van der Waals surface area contributed by atoms with Gasteiger partial charge in [-0.25, -0.2) is 0 Å². The van der Waals surface area contributed by atoms with E-state index in [1.54, 1.807) is 0 Å². The molecule has 246 valence electrons. The van der Waals surface area contributed by atoms with Crippen molar-refractivity contribution in [3.8, 4) is 34.1 Å². The van der Waals surface area contributed by atoms with Crippen LogP contribution in [0, 0.1) is 13.8 Å². The third kappa shape index (κ3) is 5.51. The van der Waals surface area contributed by atoms with Gasteiger partial charge in [-0.3, -0.25) is 0 Å². The van der Waals surface area contributed by atoms with Gasteiger partial charge in [0.05, 0.1) is 5.41 Å². The summed E-state index contributed by atoms with van der Waals surface area (Å²) < 4.78 is 13.2. The zero-order valence-electron chi connectivity index (χ0n) is 29.2. The molecule has 0 aromatic heterocycles. The van der Waals surface area contributed by atoms with E-state index in [0.29, 0.717) is 0 Å². The molecule has 4 nitrogen and oxygen atoms in total. The Kier molecular flexibility index (Phi) is 8.20. The molecule has 4 N–H and O–H groups in total. The van der Waals surface area contributed by atoms with E-state index < -0.39 is 5.41 Å².